The molecule has 2 heterocycles. The maximum absolute atomic E-state index is 5.94. The third-order valence-electron chi connectivity index (χ3n) is 2.79. The number of nitrogens with zero attached hydrogens (tertiary/aromatic N) is 2. The van der Waals surface area contributed by atoms with Gasteiger partial charge in [-0.1, -0.05) is 23.2 Å². The lowest BCUT2D eigenvalue weighted by Crippen LogP contribution is -2.32. The van der Waals surface area contributed by atoms with Crippen molar-refractivity contribution in [2.75, 3.05) is 20.1 Å². The van der Waals surface area contributed by atoms with Crippen LogP contribution in [0.15, 0.2) is 12.3 Å². The molecule has 2 rings (SSSR count). The van der Waals surface area contributed by atoms with E-state index in [4.69, 9.17) is 23.2 Å². The van der Waals surface area contributed by atoms with Crippen molar-refractivity contribution in [1.82, 2.24) is 15.4 Å². The molecule has 0 amide bonds. The van der Waals surface area contributed by atoms with Crippen molar-refractivity contribution in [1.29, 1.82) is 0 Å². The van der Waals surface area contributed by atoms with Crippen LogP contribution in [0, 0.1) is 0 Å². The third kappa shape index (κ3) is 2.42. The van der Waals surface area contributed by atoms with E-state index in [2.05, 4.69) is 15.4 Å². The lowest BCUT2D eigenvalue weighted by Gasteiger charge is -2.14. The fraction of sp³-hybridized carbons (Fsp3) is 0.500. The summed E-state index contributed by atoms with van der Waals surface area (Å²) in [5.74, 6) is 0.500. The van der Waals surface area contributed by atoms with Crippen molar-refractivity contribution in [3.05, 3.63) is 28.0 Å². The summed E-state index contributed by atoms with van der Waals surface area (Å²) in [7, 11) is 1.94. The average molecular weight is 246 g/mol. The molecule has 1 aliphatic heterocycles. The van der Waals surface area contributed by atoms with Gasteiger partial charge in [-0.15, -0.1) is 0 Å². The van der Waals surface area contributed by atoms with Gasteiger partial charge in [-0.2, -0.15) is 0 Å². The van der Waals surface area contributed by atoms with Crippen molar-refractivity contribution in [3.63, 3.8) is 0 Å². The molecule has 0 aliphatic carbocycles. The number of hydrazine groups is 1. The van der Waals surface area contributed by atoms with Crippen LogP contribution in [0.1, 0.15) is 17.9 Å². The summed E-state index contributed by atoms with van der Waals surface area (Å²) in [5, 5.41) is 3.11. The van der Waals surface area contributed by atoms with Crippen molar-refractivity contribution in [3.8, 4) is 0 Å². The van der Waals surface area contributed by atoms with Gasteiger partial charge in [-0.25, -0.2) is 9.99 Å². The SMILES string of the molecule is CNN1CC[C@@H](c2cnc(Cl)c(Cl)c2)C1. The van der Waals surface area contributed by atoms with E-state index >= 15 is 0 Å². The summed E-state index contributed by atoms with van der Waals surface area (Å²) >= 11 is 11.7. The number of hydrogen-bond acceptors (Lipinski definition) is 3. The maximum Gasteiger partial charge on any atom is 0.147 e. The predicted octanol–water partition coefficient (Wildman–Crippen LogP) is 2.31. The summed E-state index contributed by atoms with van der Waals surface area (Å²) in [6.07, 6.45) is 2.94. The number of hydrogen-bond donors (Lipinski definition) is 1. The summed E-state index contributed by atoms with van der Waals surface area (Å²) in [4.78, 5) is 4.07. The van der Waals surface area contributed by atoms with Gasteiger partial charge >= 0.3 is 0 Å². The second kappa shape index (κ2) is 4.66. The molecule has 15 heavy (non-hydrogen) atoms. The zero-order valence-electron chi connectivity index (χ0n) is 8.50. The van der Waals surface area contributed by atoms with Crippen LogP contribution in [-0.2, 0) is 0 Å². The van der Waals surface area contributed by atoms with Gasteiger partial charge < -0.3 is 0 Å². The van der Waals surface area contributed by atoms with Crippen LogP contribution in [0.2, 0.25) is 10.2 Å². The zero-order chi connectivity index (χ0) is 10.8. The van der Waals surface area contributed by atoms with Crippen LogP contribution in [-0.4, -0.2) is 30.1 Å². The highest BCUT2D eigenvalue weighted by Crippen LogP contribution is 2.29. The lowest BCUT2D eigenvalue weighted by molar-refractivity contribution is 0.258. The highest BCUT2D eigenvalue weighted by Gasteiger charge is 2.23. The van der Waals surface area contributed by atoms with E-state index in [-0.39, 0.29) is 0 Å². The Kier molecular flexibility index (Phi) is 3.46. The molecule has 82 valence electrons. The lowest BCUT2D eigenvalue weighted by atomic mass is 10.0. The Morgan fingerprint density at radius 2 is 2.33 bits per heavy atom. The fourth-order valence-corrected chi connectivity index (χ4v) is 2.17. The Labute approximate surface area is 99.4 Å². The van der Waals surface area contributed by atoms with Gasteiger partial charge in [0.2, 0.25) is 0 Å². The molecule has 1 atom stereocenters. The van der Waals surface area contributed by atoms with Gasteiger partial charge in [0.1, 0.15) is 5.15 Å². The molecule has 1 aromatic rings. The average Bonchev–Trinajstić information content (AvgIpc) is 2.70. The summed E-state index contributed by atoms with van der Waals surface area (Å²) in [6.45, 7) is 2.05. The first kappa shape index (κ1) is 11.1. The Balaban J connectivity index is 2.13. The molecule has 0 unspecified atom stereocenters. The Bertz CT molecular complexity index is 357. The van der Waals surface area contributed by atoms with Crippen LogP contribution < -0.4 is 5.43 Å². The van der Waals surface area contributed by atoms with Crippen LogP contribution in [0.4, 0.5) is 0 Å². The van der Waals surface area contributed by atoms with Gasteiger partial charge in [-0.3, -0.25) is 5.43 Å². The largest absolute Gasteiger partial charge is 0.258 e. The van der Waals surface area contributed by atoms with Crippen LogP contribution >= 0.6 is 23.2 Å². The van der Waals surface area contributed by atoms with E-state index in [0.717, 1.165) is 19.5 Å². The molecule has 0 spiro atoms. The smallest absolute Gasteiger partial charge is 0.147 e. The monoisotopic (exact) mass is 245 g/mol. The number of pyridine rings is 1. The second-order valence-corrected chi connectivity index (χ2v) is 4.46. The van der Waals surface area contributed by atoms with E-state index in [1.54, 1.807) is 0 Å². The maximum atomic E-state index is 5.94. The number of nitrogens with one attached hydrogen (secondary N) is 1. The molecule has 1 fully saturated rings. The normalized spacial score (nSPS) is 22.2. The molecular formula is C10H13Cl2N3. The molecule has 0 aromatic carbocycles. The summed E-state index contributed by atoms with van der Waals surface area (Å²) in [5.41, 5.74) is 4.31. The minimum atomic E-state index is 0.379. The molecule has 0 bridgehead atoms. The molecule has 5 heteroatoms. The number of halogens is 2. The van der Waals surface area contributed by atoms with E-state index in [0.29, 0.717) is 16.1 Å². The Morgan fingerprint density at radius 3 is 2.93 bits per heavy atom. The Hall–Kier alpha value is -0.350. The molecule has 1 N–H and O–H groups in total. The second-order valence-electron chi connectivity index (χ2n) is 3.70. The third-order valence-corrected chi connectivity index (χ3v) is 3.48. The summed E-state index contributed by atoms with van der Waals surface area (Å²) < 4.78 is 0. The van der Waals surface area contributed by atoms with Gasteiger partial charge in [0.25, 0.3) is 0 Å². The van der Waals surface area contributed by atoms with Crippen molar-refractivity contribution in [2.45, 2.75) is 12.3 Å². The van der Waals surface area contributed by atoms with Crippen molar-refractivity contribution >= 4 is 23.2 Å². The van der Waals surface area contributed by atoms with Gasteiger partial charge in [0.05, 0.1) is 5.02 Å². The molecule has 0 saturated carbocycles. The standard InChI is InChI=1S/C10H13Cl2N3/c1-13-15-3-2-7(6-15)8-4-9(11)10(12)14-5-8/h4-5,7,13H,2-3,6H2,1H3/t7-/m1/s1. The van der Waals surface area contributed by atoms with Crippen molar-refractivity contribution in [2.24, 2.45) is 0 Å². The minimum Gasteiger partial charge on any atom is -0.258 e. The minimum absolute atomic E-state index is 0.379. The van der Waals surface area contributed by atoms with Crippen LogP contribution in [0.3, 0.4) is 0 Å². The van der Waals surface area contributed by atoms with E-state index in [1.807, 2.05) is 19.3 Å². The molecule has 0 radical (unpaired) electrons. The summed E-state index contributed by atoms with van der Waals surface area (Å²) in [6, 6.07) is 1.92. The zero-order valence-corrected chi connectivity index (χ0v) is 10.0. The van der Waals surface area contributed by atoms with Gasteiger partial charge in [0.15, 0.2) is 0 Å². The van der Waals surface area contributed by atoms with Gasteiger partial charge in [-0.05, 0) is 25.1 Å². The number of aromatic nitrogens is 1. The fourth-order valence-electron chi connectivity index (χ4n) is 1.89. The van der Waals surface area contributed by atoms with E-state index in [9.17, 15) is 0 Å². The first-order chi connectivity index (χ1) is 7.20. The van der Waals surface area contributed by atoms with Crippen LogP contribution in [0.5, 0.6) is 0 Å². The number of rotatable bonds is 2. The van der Waals surface area contributed by atoms with E-state index in [1.165, 1.54) is 5.56 Å². The Morgan fingerprint density at radius 1 is 1.53 bits per heavy atom. The molecule has 1 aromatic heterocycles. The van der Waals surface area contributed by atoms with Crippen molar-refractivity contribution < 1.29 is 0 Å². The highest BCUT2D eigenvalue weighted by molar-refractivity contribution is 6.41. The molecule has 3 nitrogen and oxygen atoms in total. The first-order valence-corrected chi connectivity index (χ1v) is 5.69. The predicted molar refractivity (Wildman–Crippen MR) is 62.2 cm³/mol. The van der Waals surface area contributed by atoms with Gasteiger partial charge in [0, 0.05) is 25.2 Å². The van der Waals surface area contributed by atoms with Crippen LogP contribution in [0.25, 0.3) is 0 Å². The quantitative estimate of drug-likeness (QED) is 0.811. The first-order valence-electron chi connectivity index (χ1n) is 4.94. The highest BCUT2D eigenvalue weighted by atomic mass is 35.5. The molecule has 1 aliphatic rings. The van der Waals surface area contributed by atoms with E-state index < -0.39 is 0 Å². The molecule has 1 saturated heterocycles. The topological polar surface area (TPSA) is 28.2 Å². The molecular weight excluding hydrogens is 233 g/mol.